The van der Waals surface area contributed by atoms with E-state index in [2.05, 4.69) is 5.32 Å². The average Bonchev–Trinajstić information content (AvgIpc) is 2.72. The second-order valence-corrected chi connectivity index (χ2v) is 3.76. The normalized spacial score (nSPS) is 24.8. The van der Waals surface area contributed by atoms with Gasteiger partial charge in [0, 0.05) is 6.54 Å². The van der Waals surface area contributed by atoms with Crippen LogP contribution < -0.4 is 5.32 Å². The summed E-state index contributed by atoms with van der Waals surface area (Å²) in [5.41, 5.74) is 0. The van der Waals surface area contributed by atoms with Gasteiger partial charge >= 0.3 is 0 Å². The zero-order chi connectivity index (χ0) is 9.80. The van der Waals surface area contributed by atoms with Crippen LogP contribution in [0.4, 0.5) is 0 Å². The summed E-state index contributed by atoms with van der Waals surface area (Å²) in [4.78, 5) is 0. The Kier molecular flexibility index (Phi) is 3.22. The number of rotatable bonds is 3. The lowest BCUT2D eigenvalue weighted by molar-refractivity contribution is -0.0245. The van der Waals surface area contributed by atoms with Crippen molar-refractivity contribution in [2.24, 2.45) is 0 Å². The van der Waals surface area contributed by atoms with Crippen LogP contribution in [0.2, 0.25) is 0 Å². The third-order valence-electron chi connectivity index (χ3n) is 2.59. The third-order valence-corrected chi connectivity index (χ3v) is 2.59. The van der Waals surface area contributed by atoms with Crippen LogP contribution >= 0.6 is 0 Å². The fourth-order valence-corrected chi connectivity index (χ4v) is 1.81. The minimum atomic E-state index is 0.0647. The van der Waals surface area contributed by atoms with Crippen molar-refractivity contribution >= 4 is 0 Å². The van der Waals surface area contributed by atoms with Crippen molar-refractivity contribution in [3.05, 3.63) is 24.2 Å². The van der Waals surface area contributed by atoms with Gasteiger partial charge in [-0.15, -0.1) is 0 Å². The molecule has 2 rings (SSSR count). The predicted octanol–water partition coefficient (Wildman–Crippen LogP) is 2.11. The summed E-state index contributed by atoms with van der Waals surface area (Å²) in [5, 5.41) is 3.33. The van der Waals surface area contributed by atoms with Crippen LogP contribution in [0.3, 0.4) is 0 Å². The molecule has 1 aliphatic heterocycles. The van der Waals surface area contributed by atoms with Crippen LogP contribution in [-0.2, 0) is 4.74 Å². The highest BCUT2D eigenvalue weighted by Crippen LogP contribution is 2.20. The number of nitrogens with one attached hydrogen (secondary N) is 1. The van der Waals surface area contributed by atoms with Crippen molar-refractivity contribution in [3.8, 4) is 0 Å². The van der Waals surface area contributed by atoms with Gasteiger partial charge in [-0.1, -0.05) is 0 Å². The van der Waals surface area contributed by atoms with Gasteiger partial charge in [0.25, 0.3) is 0 Å². The molecule has 1 N–H and O–H groups in total. The molecule has 1 aliphatic rings. The third kappa shape index (κ3) is 2.36. The maximum atomic E-state index is 5.88. The number of piperidine rings is 1. The van der Waals surface area contributed by atoms with E-state index in [1.807, 2.05) is 19.1 Å². The second kappa shape index (κ2) is 4.62. The van der Waals surface area contributed by atoms with Crippen LogP contribution in [-0.4, -0.2) is 19.2 Å². The molecule has 0 aromatic carbocycles. The van der Waals surface area contributed by atoms with Crippen LogP contribution in [0, 0.1) is 0 Å². The van der Waals surface area contributed by atoms with E-state index in [1.165, 1.54) is 6.42 Å². The van der Waals surface area contributed by atoms with Crippen LogP contribution in [0.5, 0.6) is 0 Å². The Balaban J connectivity index is 1.84. The Morgan fingerprint density at radius 3 is 3.21 bits per heavy atom. The molecule has 0 saturated carbocycles. The van der Waals surface area contributed by atoms with Gasteiger partial charge in [-0.05, 0) is 38.4 Å². The summed E-state index contributed by atoms with van der Waals surface area (Å²) in [6, 6.07) is 3.86. The van der Waals surface area contributed by atoms with Crippen molar-refractivity contribution in [1.82, 2.24) is 5.32 Å². The highest BCUT2D eigenvalue weighted by atomic mass is 16.5. The van der Waals surface area contributed by atoms with Crippen molar-refractivity contribution < 1.29 is 9.15 Å². The average molecular weight is 195 g/mol. The van der Waals surface area contributed by atoms with Crippen LogP contribution in [0.1, 0.15) is 31.6 Å². The Labute approximate surface area is 84.4 Å². The summed E-state index contributed by atoms with van der Waals surface area (Å²) in [6.07, 6.45) is 4.45. The van der Waals surface area contributed by atoms with E-state index in [-0.39, 0.29) is 6.10 Å². The zero-order valence-corrected chi connectivity index (χ0v) is 8.53. The minimum Gasteiger partial charge on any atom is -0.467 e. The quantitative estimate of drug-likeness (QED) is 0.802. The Morgan fingerprint density at radius 2 is 2.57 bits per heavy atom. The SMILES string of the molecule is CC(O[C@H]1CCCNC1)c1ccco1. The smallest absolute Gasteiger partial charge is 0.132 e. The molecule has 1 unspecified atom stereocenters. The molecule has 1 aromatic rings. The molecule has 78 valence electrons. The topological polar surface area (TPSA) is 34.4 Å². The van der Waals surface area contributed by atoms with E-state index in [0.29, 0.717) is 6.10 Å². The number of hydrogen-bond acceptors (Lipinski definition) is 3. The molecule has 0 spiro atoms. The second-order valence-electron chi connectivity index (χ2n) is 3.76. The zero-order valence-electron chi connectivity index (χ0n) is 8.53. The molecule has 0 aliphatic carbocycles. The number of hydrogen-bond donors (Lipinski definition) is 1. The van der Waals surface area contributed by atoms with Gasteiger partial charge in [0.1, 0.15) is 11.9 Å². The van der Waals surface area contributed by atoms with Crippen molar-refractivity contribution in [1.29, 1.82) is 0 Å². The van der Waals surface area contributed by atoms with Gasteiger partial charge in [-0.3, -0.25) is 0 Å². The molecule has 1 aromatic heterocycles. The first-order chi connectivity index (χ1) is 6.86. The summed E-state index contributed by atoms with van der Waals surface area (Å²) >= 11 is 0. The van der Waals surface area contributed by atoms with Gasteiger partial charge in [-0.2, -0.15) is 0 Å². The molecule has 14 heavy (non-hydrogen) atoms. The van der Waals surface area contributed by atoms with Crippen molar-refractivity contribution in [3.63, 3.8) is 0 Å². The molecule has 3 nitrogen and oxygen atoms in total. The Morgan fingerprint density at radius 1 is 1.64 bits per heavy atom. The highest BCUT2D eigenvalue weighted by Gasteiger charge is 2.18. The molecule has 0 bridgehead atoms. The fraction of sp³-hybridized carbons (Fsp3) is 0.636. The molecular formula is C11H17NO2. The lowest BCUT2D eigenvalue weighted by atomic mass is 10.1. The first-order valence-electron chi connectivity index (χ1n) is 5.26. The van der Waals surface area contributed by atoms with E-state index < -0.39 is 0 Å². The van der Waals surface area contributed by atoms with Crippen molar-refractivity contribution in [2.75, 3.05) is 13.1 Å². The molecule has 0 amide bonds. The summed E-state index contributed by atoms with van der Waals surface area (Å²) in [5.74, 6) is 0.913. The van der Waals surface area contributed by atoms with Gasteiger partial charge in [-0.25, -0.2) is 0 Å². The van der Waals surface area contributed by atoms with Gasteiger partial charge in [0.15, 0.2) is 0 Å². The van der Waals surface area contributed by atoms with Gasteiger partial charge in [0.05, 0.1) is 12.4 Å². The Hall–Kier alpha value is -0.800. The maximum absolute atomic E-state index is 5.88. The van der Waals surface area contributed by atoms with Gasteiger partial charge in [0.2, 0.25) is 0 Å². The highest BCUT2D eigenvalue weighted by molar-refractivity contribution is 5.01. The Bertz CT molecular complexity index is 252. The monoisotopic (exact) mass is 195 g/mol. The largest absolute Gasteiger partial charge is 0.467 e. The summed E-state index contributed by atoms with van der Waals surface area (Å²) in [6.45, 7) is 4.12. The fourth-order valence-electron chi connectivity index (χ4n) is 1.81. The van der Waals surface area contributed by atoms with Crippen LogP contribution in [0.25, 0.3) is 0 Å². The number of furan rings is 1. The molecule has 0 radical (unpaired) electrons. The lowest BCUT2D eigenvalue weighted by Crippen LogP contribution is -2.35. The standard InChI is InChI=1S/C11H17NO2/c1-9(11-5-3-7-13-11)14-10-4-2-6-12-8-10/h3,5,7,9-10,12H,2,4,6,8H2,1H3/t9?,10-/m0/s1. The first-order valence-corrected chi connectivity index (χ1v) is 5.26. The maximum Gasteiger partial charge on any atom is 0.132 e. The molecule has 2 heterocycles. The summed E-state index contributed by atoms with van der Waals surface area (Å²) < 4.78 is 11.2. The molecular weight excluding hydrogens is 178 g/mol. The van der Waals surface area contributed by atoms with E-state index >= 15 is 0 Å². The minimum absolute atomic E-state index is 0.0647. The van der Waals surface area contributed by atoms with E-state index in [9.17, 15) is 0 Å². The van der Waals surface area contributed by atoms with Crippen molar-refractivity contribution in [2.45, 2.75) is 32.0 Å². The lowest BCUT2D eigenvalue weighted by Gasteiger charge is -2.25. The molecule has 1 saturated heterocycles. The van der Waals surface area contributed by atoms with Crippen LogP contribution in [0.15, 0.2) is 22.8 Å². The molecule has 3 heteroatoms. The predicted molar refractivity (Wildman–Crippen MR) is 54.1 cm³/mol. The van der Waals surface area contributed by atoms with E-state index in [0.717, 1.165) is 25.3 Å². The molecule has 1 fully saturated rings. The first kappa shape index (κ1) is 9.74. The van der Waals surface area contributed by atoms with E-state index in [4.69, 9.17) is 9.15 Å². The number of ether oxygens (including phenoxy) is 1. The van der Waals surface area contributed by atoms with Gasteiger partial charge < -0.3 is 14.5 Å². The summed E-state index contributed by atoms with van der Waals surface area (Å²) in [7, 11) is 0. The van der Waals surface area contributed by atoms with E-state index in [1.54, 1.807) is 6.26 Å². The molecule has 2 atom stereocenters.